The molecule has 1 aliphatic rings. The van der Waals surface area contributed by atoms with Crippen molar-refractivity contribution in [2.75, 3.05) is 10.6 Å². The Morgan fingerprint density at radius 3 is 2.80 bits per heavy atom. The van der Waals surface area contributed by atoms with Gasteiger partial charge in [0.1, 0.15) is 11.9 Å². The number of nitro groups is 1. The molecule has 25 heavy (non-hydrogen) atoms. The van der Waals surface area contributed by atoms with Crippen molar-refractivity contribution in [1.29, 1.82) is 0 Å². The summed E-state index contributed by atoms with van der Waals surface area (Å²) < 4.78 is 29.3. The van der Waals surface area contributed by atoms with E-state index < -0.39 is 11.5 Å². The molecule has 0 bridgehead atoms. The molecule has 0 spiro atoms. The molecule has 0 aliphatic heterocycles. The standard InChI is InChI=1S/C15H15F2N5O3/c16-14(17)25-12-4-2-1-3-9(12)7-18-15-19-8-11(22(23)24)13(21-15)20-10-5-6-10/h1-4,8,10,14H,5-7H2,(H2,18,19,20,21). The van der Waals surface area contributed by atoms with Crippen LogP contribution in [0.1, 0.15) is 18.4 Å². The van der Waals surface area contributed by atoms with Crippen LogP contribution in [0, 0.1) is 10.1 Å². The molecule has 1 fully saturated rings. The summed E-state index contributed by atoms with van der Waals surface area (Å²) in [6.45, 7) is -2.80. The van der Waals surface area contributed by atoms with E-state index in [0.717, 1.165) is 19.0 Å². The van der Waals surface area contributed by atoms with E-state index in [4.69, 9.17) is 0 Å². The highest BCUT2D eigenvalue weighted by Crippen LogP contribution is 2.29. The Hall–Kier alpha value is -3.04. The van der Waals surface area contributed by atoms with Gasteiger partial charge in [0.15, 0.2) is 0 Å². The molecule has 3 rings (SSSR count). The maximum Gasteiger partial charge on any atom is 0.387 e. The van der Waals surface area contributed by atoms with Crippen molar-refractivity contribution in [3.05, 3.63) is 46.1 Å². The Morgan fingerprint density at radius 1 is 1.36 bits per heavy atom. The third-order valence-corrected chi connectivity index (χ3v) is 3.51. The number of alkyl halides is 2. The number of hydrogen-bond donors (Lipinski definition) is 2. The van der Waals surface area contributed by atoms with Crippen molar-refractivity contribution in [3.63, 3.8) is 0 Å². The number of aromatic nitrogens is 2. The zero-order valence-corrected chi connectivity index (χ0v) is 13.0. The Bertz CT molecular complexity index is 771. The summed E-state index contributed by atoms with van der Waals surface area (Å²) in [6.07, 6.45) is 2.98. The van der Waals surface area contributed by atoms with Crippen LogP contribution in [-0.4, -0.2) is 27.5 Å². The number of nitrogens with one attached hydrogen (secondary N) is 2. The van der Waals surface area contributed by atoms with E-state index in [2.05, 4.69) is 25.3 Å². The van der Waals surface area contributed by atoms with Gasteiger partial charge in [0, 0.05) is 18.2 Å². The lowest BCUT2D eigenvalue weighted by Gasteiger charge is -2.12. The summed E-state index contributed by atoms with van der Waals surface area (Å²) >= 11 is 0. The van der Waals surface area contributed by atoms with Gasteiger partial charge >= 0.3 is 12.3 Å². The van der Waals surface area contributed by atoms with E-state index in [1.54, 1.807) is 18.2 Å². The Morgan fingerprint density at radius 2 is 2.12 bits per heavy atom. The number of rotatable bonds is 8. The first-order valence-corrected chi connectivity index (χ1v) is 7.57. The molecule has 0 atom stereocenters. The molecule has 1 saturated carbocycles. The maximum absolute atomic E-state index is 12.4. The van der Waals surface area contributed by atoms with E-state index in [9.17, 15) is 18.9 Å². The molecule has 0 saturated heterocycles. The van der Waals surface area contributed by atoms with Crippen LogP contribution in [0.4, 0.5) is 26.2 Å². The summed E-state index contributed by atoms with van der Waals surface area (Å²) in [5.41, 5.74) is 0.278. The maximum atomic E-state index is 12.4. The third-order valence-electron chi connectivity index (χ3n) is 3.51. The first kappa shape index (κ1) is 16.8. The number of nitrogens with zero attached hydrogens (tertiary/aromatic N) is 3. The van der Waals surface area contributed by atoms with Crippen LogP contribution in [-0.2, 0) is 6.54 Å². The predicted molar refractivity (Wildman–Crippen MR) is 85.7 cm³/mol. The lowest BCUT2D eigenvalue weighted by Crippen LogP contribution is -2.11. The minimum Gasteiger partial charge on any atom is -0.434 e. The molecule has 10 heteroatoms. The van der Waals surface area contributed by atoms with Gasteiger partial charge in [-0.25, -0.2) is 4.98 Å². The molecule has 1 aromatic carbocycles. The normalized spacial score (nSPS) is 13.6. The van der Waals surface area contributed by atoms with Crippen molar-refractivity contribution in [2.24, 2.45) is 0 Å². The number of halogens is 2. The van der Waals surface area contributed by atoms with Crippen LogP contribution in [0.25, 0.3) is 0 Å². The molecule has 1 aliphatic carbocycles. The molecule has 1 aromatic heterocycles. The topological polar surface area (TPSA) is 102 Å². The molecule has 0 radical (unpaired) electrons. The van der Waals surface area contributed by atoms with Crippen LogP contribution in [0.15, 0.2) is 30.5 Å². The van der Waals surface area contributed by atoms with Crippen LogP contribution in [0.3, 0.4) is 0 Å². The van der Waals surface area contributed by atoms with Crippen LogP contribution in [0.2, 0.25) is 0 Å². The van der Waals surface area contributed by atoms with E-state index in [1.807, 2.05) is 0 Å². The summed E-state index contributed by atoms with van der Waals surface area (Å²) in [5.74, 6) is 0.339. The average molecular weight is 351 g/mol. The molecular weight excluding hydrogens is 336 g/mol. The summed E-state index contributed by atoms with van der Waals surface area (Å²) in [4.78, 5) is 18.5. The highest BCUT2D eigenvalue weighted by Gasteiger charge is 2.26. The lowest BCUT2D eigenvalue weighted by atomic mass is 10.2. The number of hydrogen-bond acceptors (Lipinski definition) is 7. The van der Waals surface area contributed by atoms with E-state index in [-0.39, 0.29) is 35.8 Å². The van der Waals surface area contributed by atoms with Gasteiger partial charge in [-0.3, -0.25) is 10.1 Å². The fourth-order valence-electron chi connectivity index (χ4n) is 2.16. The minimum absolute atomic E-state index is 0.0447. The average Bonchev–Trinajstić information content (AvgIpc) is 3.37. The largest absolute Gasteiger partial charge is 0.434 e. The zero-order valence-electron chi connectivity index (χ0n) is 13.0. The summed E-state index contributed by atoms with van der Waals surface area (Å²) in [7, 11) is 0. The fourth-order valence-corrected chi connectivity index (χ4v) is 2.16. The van der Waals surface area contributed by atoms with Gasteiger partial charge in [0.2, 0.25) is 11.8 Å². The van der Waals surface area contributed by atoms with Gasteiger partial charge in [0.05, 0.1) is 4.92 Å². The number of benzene rings is 1. The van der Waals surface area contributed by atoms with Crippen LogP contribution < -0.4 is 15.4 Å². The second-order valence-corrected chi connectivity index (χ2v) is 5.44. The smallest absolute Gasteiger partial charge is 0.387 e. The first-order chi connectivity index (χ1) is 12.0. The summed E-state index contributed by atoms with van der Waals surface area (Å²) in [6, 6.07) is 6.51. The molecule has 8 nitrogen and oxygen atoms in total. The van der Waals surface area contributed by atoms with Crippen molar-refractivity contribution < 1.29 is 18.4 Å². The Labute approximate surface area is 141 Å². The summed E-state index contributed by atoms with van der Waals surface area (Å²) in [5, 5.41) is 16.9. The molecular formula is C15H15F2N5O3. The second-order valence-electron chi connectivity index (χ2n) is 5.44. The van der Waals surface area contributed by atoms with E-state index in [0.29, 0.717) is 5.56 Å². The first-order valence-electron chi connectivity index (χ1n) is 7.57. The van der Waals surface area contributed by atoms with Gasteiger partial charge < -0.3 is 15.4 Å². The molecule has 0 unspecified atom stereocenters. The minimum atomic E-state index is -2.92. The predicted octanol–water partition coefficient (Wildman–Crippen LogP) is 3.17. The molecule has 2 aromatic rings. The molecule has 2 N–H and O–H groups in total. The lowest BCUT2D eigenvalue weighted by molar-refractivity contribution is -0.384. The number of anilines is 2. The number of ether oxygens (including phenoxy) is 1. The van der Waals surface area contributed by atoms with Gasteiger partial charge in [-0.1, -0.05) is 18.2 Å². The Balaban J connectivity index is 1.74. The van der Waals surface area contributed by atoms with E-state index in [1.165, 1.54) is 6.07 Å². The monoisotopic (exact) mass is 351 g/mol. The van der Waals surface area contributed by atoms with Crippen molar-refractivity contribution in [1.82, 2.24) is 9.97 Å². The molecule has 0 amide bonds. The highest BCUT2D eigenvalue weighted by atomic mass is 19.3. The third kappa shape index (κ3) is 4.49. The SMILES string of the molecule is O=[N+]([O-])c1cnc(NCc2ccccc2OC(F)F)nc1NC1CC1. The van der Waals surface area contributed by atoms with Gasteiger partial charge in [0.25, 0.3) is 0 Å². The van der Waals surface area contributed by atoms with Gasteiger partial charge in [-0.05, 0) is 18.9 Å². The zero-order chi connectivity index (χ0) is 17.8. The van der Waals surface area contributed by atoms with Crippen LogP contribution in [0.5, 0.6) is 5.75 Å². The Kier molecular flexibility index (Phi) is 4.87. The van der Waals surface area contributed by atoms with Gasteiger partial charge in [-0.2, -0.15) is 13.8 Å². The van der Waals surface area contributed by atoms with Gasteiger partial charge in [-0.15, -0.1) is 0 Å². The van der Waals surface area contributed by atoms with Crippen molar-refractivity contribution in [2.45, 2.75) is 32.0 Å². The molecule has 132 valence electrons. The number of para-hydroxylation sites is 1. The quantitative estimate of drug-likeness (QED) is 0.556. The fraction of sp³-hybridized carbons (Fsp3) is 0.333. The van der Waals surface area contributed by atoms with Crippen LogP contribution >= 0.6 is 0 Å². The molecule has 1 heterocycles. The van der Waals surface area contributed by atoms with E-state index >= 15 is 0 Å². The van der Waals surface area contributed by atoms with Crippen molar-refractivity contribution in [3.8, 4) is 5.75 Å². The van der Waals surface area contributed by atoms with Crippen molar-refractivity contribution >= 4 is 17.5 Å². The second kappa shape index (κ2) is 7.24. The highest BCUT2D eigenvalue weighted by molar-refractivity contribution is 5.58.